The molecule has 1 fully saturated rings. The SMILES string of the molecule is Cc1nc(N2CCN(C(=O)COCc3ccccc3)CC2)cc(-n2cccc2)n1. The van der Waals surface area contributed by atoms with Crippen molar-refractivity contribution in [1.82, 2.24) is 19.4 Å². The maximum absolute atomic E-state index is 12.4. The highest BCUT2D eigenvalue weighted by Gasteiger charge is 2.22. The monoisotopic (exact) mass is 391 g/mol. The molecule has 150 valence electrons. The number of carbonyl (C=O) groups excluding carboxylic acids is 1. The molecular weight excluding hydrogens is 366 g/mol. The quantitative estimate of drug-likeness (QED) is 0.646. The number of aromatic nitrogens is 3. The highest BCUT2D eigenvalue weighted by Crippen LogP contribution is 2.18. The second-order valence-corrected chi connectivity index (χ2v) is 7.07. The Hall–Kier alpha value is -3.19. The summed E-state index contributed by atoms with van der Waals surface area (Å²) in [5.74, 6) is 2.52. The number of amides is 1. The van der Waals surface area contributed by atoms with Gasteiger partial charge in [-0.05, 0) is 24.6 Å². The molecule has 0 bridgehead atoms. The molecule has 2 aromatic heterocycles. The van der Waals surface area contributed by atoms with E-state index in [1.54, 1.807) is 0 Å². The Labute approximate surface area is 170 Å². The summed E-state index contributed by atoms with van der Waals surface area (Å²) in [6, 6.07) is 15.8. The number of rotatable bonds is 6. The third-order valence-corrected chi connectivity index (χ3v) is 4.97. The third-order valence-electron chi connectivity index (χ3n) is 4.97. The van der Waals surface area contributed by atoms with Crippen molar-refractivity contribution in [3.8, 4) is 5.82 Å². The second-order valence-electron chi connectivity index (χ2n) is 7.07. The van der Waals surface area contributed by atoms with Crippen molar-refractivity contribution in [2.24, 2.45) is 0 Å². The molecule has 0 spiro atoms. The van der Waals surface area contributed by atoms with E-state index in [0.29, 0.717) is 19.7 Å². The summed E-state index contributed by atoms with van der Waals surface area (Å²) in [6.07, 6.45) is 3.94. The van der Waals surface area contributed by atoms with Crippen LogP contribution in [0.15, 0.2) is 60.9 Å². The Bertz CT molecular complexity index is 935. The molecule has 0 saturated carbocycles. The first-order chi connectivity index (χ1) is 14.2. The van der Waals surface area contributed by atoms with Crippen LogP contribution in [0.3, 0.4) is 0 Å². The van der Waals surface area contributed by atoms with Crippen molar-refractivity contribution in [3.63, 3.8) is 0 Å². The van der Waals surface area contributed by atoms with Crippen molar-refractivity contribution in [1.29, 1.82) is 0 Å². The normalized spacial score (nSPS) is 14.2. The van der Waals surface area contributed by atoms with Crippen molar-refractivity contribution in [2.45, 2.75) is 13.5 Å². The molecular formula is C22H25N5O2. The lowest BCUT2D eigenvalue weighted by Crippen LogP contribution is -2.50. The molecule has 1 aliphatic heterocycles. The fourth-order valence-corrected chi connectivity index (χ4v) is 3.42. The lowest BCUT2D eigenvalue weighted by Gasteiger charge is -2.35. The number of benzene rings is 1. The van der Waals surface area contributed by atoms with Crippen molar-refractivity contribution in [3.05, 3.63) is 72.3 Å². The minimum atomic E-state index is 0.0347. The Morgan fingerprint density at radius 1 is 0.966 bits per heavy atom. The standard InChI is InChI=1S/C22H25N5O2/c1-18-23-20(25-9-5-6-10-25)15-21(24-18)26-11-13-27(14-12-26)22(28)17-29-16-19-7-3-2-4-8-19/h2-10,15H,11-14,16-17H2,1H3. The zero-order valence-electron chi connectivity index (χ0n) is 16.6. The fraction of sp³-hybridized carbons (Fsp3) is 0.318. The van der Waals surface area contributed by atoms with Gasteiger partial charge in [0, 0.05) is 44.6 Å². The molecule has 7 heteroatoms. The Balaban J connectivity index is 1.31. The minimum Gasteiger partial charge on any atom is -0.367 e. The van der Waals surface area contributed by atoms with Crippen molar-refractivity contribution >= 4 is 11.7 Å². The van der Waals surface area contributed by atoms with Gasteiger partial charge in [-0.2, -0.15) is 0 Å². The van der Waals surface area contributed by atoms with Crippen LogP contribution in [-0.2, 0) is 16.1 Å². The Morgan fingerprint density at radius 3 is 2.38 bits per heavy atom. The summed E-state index contributed by atoms with van der Waals surface area (Å²) in [4.78, 5) is 25.6. The minimum absolute atomic E-state index is 0.0347. The van der Waals surface area contributed by atoms with Crippen LogP contribution in [0.25, 0.3) is 5.82 Å². The van der Waals surface area contributed by atoms with Crippen LogP contribution in [0.1, 0.15) is 11.4 Å². The summed E-state index contributed by atoms with van der Waals surface area (Å²) >= 11 is 0. The maximum atomic E-state index is 12.4. The predicted octanol–water partition coefficient (Wildman–Crippen LogP) is 2.44. The van der Waals surface area contributed by atoms with E-state index in [1.807, 2.05) is 77.3 Å². The van der Waals surface area contributed by atoms with Crippen molar-refractivity contribution in [2.75, 3.05) is 37.7 Å². The number of aryl methyl sites for hydroxylation is 1. The smallest absolute Gasteiger partial charge is 0.248 e. The van der Waals surface area contributed by atoms with E-state index in [2.05, 4.69) is 14.9 Å². The molecule has 0 unspecified atom stereocenters. The number of nitrogens with zero attached hydrogens (tertiary/aromatic N) is 5. The molecule has 3 heterocycles. The molecule has 1 aliphatic rings. The number of carbonyl (C=O) groups is 1. The number of ether oxygens (including phenoxy) is 1. The highest BCUT2D eigenvalue weighted by molar-refractivity contribution is 5.77. The largest absolute Gasteiger partial charge is 0.367 e. The third kappa shape index (κ3) is 4.81. The van der Waals surface area contributed by atoms with Gasteiger partial charge in [0.25, 0.3) is 0 Å². The first kappa shape index (κ1) is 19.1. The second kappa shape index (κ2) is 8.87. The van der Waals surface area contributed by atoms with Crippen LogP contribution in [0, 0.1) is 6.92 Å². The van der Waals surface area contributed by atoms with E-state index in [1.165, 1.54) is 0 Å². The van der Waals surface area contributed by atoms with Crippen LogP contribution in [0.5, 0.6) is 0 Å². The van der Waals surface area contributed by atoms with E-state index in [4.69, 9.17) is 4.74 Å². The van der Waals surface area contributed by atoms with Crippen LogP contribution >= 0.6 is 0 Å². The average Bonchev–Trinajstić information content (AvgIpc) is 3.29. The van der Waals surface area contributed by atoms with Gasteiger partial charge in [-0.25, -0.2) is 9.97 Å². The topological polar surface area (TPSA) is 63.5 Å². The van der Waals surface area contributed by atoms with Crippen LogP contribution in [0.2, 0.25) is 0 Å². The zero-order valence-corrected chi connectivity index (χ0v) is 16.6. The lowest BCUT2D eigenvalue weighted by molar-refractivity contribution is -0.136. The summed E-state index contributed by atoms with van der Waals surface area (Å²) in [5.41, 5.74) is 1.07. The van der Waals surface area contributed by atoms with Crippen molar-refractivity contribution < 1.29 is 9.53 Å². The highest BCUT2D eigenvalue weighted by atomic mass is 16.5. The average molecular weight is 391 g/mol. The van der Waals surface area contributed by atoms with Gasteiger partial charge in [-0.1, -0.05) is 30.3 Å². The van der Waals surface area contributed by atoms with E-state index >= 15 is 0 Å². The van der Waals surface area contributed by atoms with E-state index in [0.717, 1.165) is 36.1 Å². The van der Waals surface area contributed by atoms with Crippen LogP contribution < -0.4 is 4.90 Å². The maximum Gasteiger partial charge on any atom is 0.248 e. The van der Waals surface area contributed by atoms with E-state index < -0.39 is 0 Å². The molecule has 0 N–H and O–H groups in total. The number of anilines is 1. The molecule has 1 saturated heterocycles. The van der Waals surface area contributed by atoms with Gasteiger partial charge >= 0.3 is 0 Å². The van der Waals surface area contributed by atoms with Crippen LogP contribution in [0.4, 0.5) is 5.82 Å². The molecule has 0 atom stereocenters. The molecule has 0 aliphatic carbocycles. The van der Waals surface area contributed by atoms with E-state index in [-0.39, 0.29) is 12.5 Å². The first-order valence-electron chi connectivity index (χ1n) is 9.82. The summed E-state index contributed by atoms with van der Waals surface area (Å²) < 4.78 is 7.57. The van der Waals surface area contributed by atoms with Gasteiger partial charge in [-0.15, -0.1) is 0 Å². The number of piperazine rings is 1. The summed E-state index contributed by atoms with van der Waals surface area (Å²) in [5, 5.41) is 0. The first-order valence-corrected chi connectivity index (χ1v) is 9.82. The fourth-order valence-electron chi connectivity index (χ4n) is 3.42. The zero-order chi connectivity index (χ0) is 20.1. The van der Waals surface area contributed by atoms with Gasteiger partial charge < -0.3 is 19.1 Å². The number of hydrogen-bond acceptors (Lipinski definition) is 5. The summed E-state index contributed by atoms with van der Waals surface area (Å²) in [6.45, 7) is 5.28. The lowest BCUT2D eigenvalue weighted by atomic mass is 10.2. The van der Waals surface area contributed by atoms with Gasteiger partial charge in [0.15, 0.2) is 0 Å². The predicted molar refractivity (Wildman–Crippen MR) is 111 cm³/mol. The molecule has 3 aromatic rings. The molecule has 1 amide bonds. The van der Waals surface area contributed by atoms with Gasteiger partial charge in [0.05, 0.1) is 6.61 Å². The number of hydrogen-bond donors (Lipinski definition) is 0. The molecule has 7 nitrogen and oxygen atoms in total. The Kier molecular flexibility index (Phi) is 5.86. The summed E-state index contributed by atoms with van der Waals surface area (Å²) in [7, 11) is 0. The molecule has 0 radical (unpaired) electrons. The molecule has 29 heavy (non-hydrogen) atoms. The van der Waals surface area contributed by atoms with E-state index in [9.17, 15) is 4.79 Å². The molecule has 1 aromatic carbocycles. The van der Waals surface area contributed by atoms with Crippen LogP contribution in [-0.4, -0.2) is 58.1 Å². The van der Waals surface area contributed by atoms with Gasteiger partial charge in [0.2, 0.25) is 5.91 Å². The van der Waals surface area contributed by atoms with Gasteiger partial charge in [-0.3, -0.25) is 4.79 Å². The molecule has 4 rings (SSSR count). The Morgan fingerprint density at radius 2 is 1.66 bits per heavy atom. The van der Waals surface area contributed by atoms with Gasteiger partial charge in [0.1, 0.15) is 24.1 Å².